The molecule has 0 spiro atoms. The monoisotopic (exact) mass is 533 g/mol. The van der Waals surface area contributed by atoms with Crippen molar-refractivity contribution in [2.45, 2.75) is 38.3 Å². The van der Waals surface area contributed by atoms with Gasteiger partial charge in [-0.1, -0.05) is 25.1 Å². The van der Waals surface area contributed by atoms with Crippen LogP contribution in [0, 0.1) is 5.41 Å². The number of nitrogen functional groups attached to an aromatic ring is 1. The summed E-state index contributed by atoms with van der Waals surface area (Å²) >= 11 is 0. The maximum absolute atomic E-state index is 13.0. The molecule has 6 N–H and O–H groups in total. The molecule has 0 aromatic heterocycles. The molecule has 1 fully saturated rings. The first-order chi connectivity index (χ1) is 18.7. The first kappa shape index (κ1) is 27.3. The van der Waals surface area contributed by atoms with E-state index in [4.69, 9.17) is 15.9 Å². The number of hydrogen-bond donors (Lipinski definition) is 5. The molecule has 2 aliphatic heterocycles. The van der Waals surface area contributed by atoms with Crippen molar-refractivity contribution >= 4 is 46.7 Å². The van der Waals surface area contributed by atoms with Gasteiger partial charge in [0.2, 0.25) is 5.91 Å². The number of rotatable bonds is 9. The minimum Gasteiger partial charge on any atom is -0.464 e. The smallest absolute Gasteiger partial charge is 0.330 e. The molecule has 2 aromatic carbocycles. The number of ether oxygens (including phenoxy) is 1. The molecule has 12 heteroatoms. The molecule has 3 atom stereocenters. The minimum atomic E-state index is -1.16. The number of carbonyl (C=O) groups is 4. The van der Waals surface area contributed by atoms with Gasteiger partial charge in [0.05, 0.1) is 18.8 Å². The van der Waals surface area contributed by atoms with E-state index >= 15 is 0 Å². The van der Waals surface area contributed by atoms with Crippen molar-refractivity contribution in [3.05, 3.63) is 59.7 Å². The van der Waals surface area contributed by atoms with E-state index in [1.807, 2.05) is 31.2 Å². The van der Waals surface area contributed by atoms with Gasteiger partial charge in [0.15, 0.2) is 0 Å². The summed E-state index contributed by atoms with van der Waals surface area (Å²) in [4.78, 5) is 57.0. The quantitative estimate of drug-likeness (QED) is 0.184. The Bertz CT molecular complexity index is 1320. The number of amidine groups is 1. The molecule has 1 saturated heterocycles. The number of nitrogens with one attached hydrogen (secondary N) is 4. The number of para-hydroxylation sites is 1. The summed E-state index contributed by atoms with van der Waals surface area (Å²) in [6.45, 7) is 3.74. The molecule has 204 valence electrons. The zero-order valence-electron chi connectivity index (χ0n) is 21.7. The lowest BCUT2D eigenvalue weighted by atomic mass is 9.97. The number of carbonyl (C=O) groups excluding carboxylic acids is 4. The van der Waals surface area contributed by atoms with Crippen LogP contribution in [0.1, 0.15) is 37.3 Å². The number of urea groups is 1. The normalized spacial score (nSPS) is 18.6. The lowest BCUT2D eigenvalue weighted by Gasteiger charge is -2.20. The highest BCUT2D eigenvalue weighted by atomic mass is 16.5. The first-order valence-corrected chi connectivity index (χ1v) is 12.6. The summed E-state index contributed by atoms with van der Waals surface area (Å²) in [6.07, 6.45) is 0.386. The Kier molecular flexibility index (Phi) is 8.23. The fraction of sp³-hybridized carbons (Fsp3) is 0.333. The van der Waals surface area contributed by atoms with E-state index in [1.165, 1.54) is 4.90 Å². The van der Waals surface area contributed by atoms with Crippen LogP contribution in [0.15, 0.2) is 53.5 Å². The van der Waals surface area contributed by atoms with Crippen LogP contribution in [0.25, 0.3) is 0 Å². The second-order valence-electron chi connectivity index (χ2n) is 9.20. The van der Waals surface area contributed by atoms with Gasteiger partial charge in [0.1, 0.15) is 23.6 Å². The van der Waals surface area contributed by atoms with Crippen LogP contribution in [-0.4, -0.2) is 67.1 Å². The van der Waals surface area contributed by atoms with E-state index in [1.54, 1.807) is 31.2 Å². The highest BCUT2D eigenvalue weighted by Gasteiger charge is 2.35. The van der Waals surface area contributed by atoms with Gasteiger partial charge in [-0.2, -0.15) is 0 Å². The van der Waals surface area contributed by atoms with Gasteiger partial charge < -0.3 is 31.3 Å². The third-order valence-corrected chi connectivity index (χ3v) is 6.63. The molecule has 0 radical (unpaired) electrons. The minimum absolute atomic E-state index is 0.0707. The Morgan fingerprint density at radius 2 is 1.90 bits per heavy atom. The summed E-state index contributed by atoms with van der Waals surface area (Å²) < 4.78 is 5.08. The topological polar surface area (TPSA) is 179 Å². The average Bonchev–Trinajstić information content (AvgIpc) is 3.46. The van der Waals surface area contributed by atoms with Crippen molar-refractivity contribution < 1.29 is 23.9 Å². The molecule has 39 heavy (non-hydrogen) atoms. The molecule has 4 amide bonds. The van der Waals surface area contributed by atoms with Gasteiger partial charge in [-0.05, 0) is 49.2 Å². The fourth-order valence-electron chi connectivity index (χ4n) is 4.54. The van der Waals surface area contributed by atoms with E-state index in [2.05, 4.69) is 20.9 Å². The number of aliphatic imine (C=N–C) groups is 1. The Morgan fingerprint density at radius 3 is 2.56 bits per heavy atom. The van der Waals surface area contributed by atoms with Crippen LogP contribution in [0.3, 0.4) is 0 Å². The largest absolute Gasteiger partial charge is 0.464 e. The molecular formula is C27H31N7O5. The van der Waals surface area contributed by atoms with Crippen molar-refractivity contribution in [2.24, 2.45) is 10.7 Å². The Morgan fingerprint density at radius 1 is 1.18 bits per heavy atom. The van der Waals surface area contributed by atoms with Gasteiger partial charge in [0, 0.05) is 23.7 Å². The van der Waals surface area contributed by atoms with E-state index in [-0.39, 0.29) is 36.5 Å². The van der Waals surface area contributed by atoms with Crippen LogP contribution in [-0.2, 0) is 19.1 Å². The van der Waals surface area contributed by atoms with E-state index in [0.29, 0.717) is 29.9 Å². The van der Waals surface area contributed by atoms with Crippen LogP contribution in [0.5, 0.6) is 0 Å². The molecule has 4 rings (SSSR count). The van der Waals surface area contributed by atoms with E-state index < -0.39 is 30.0 Å². The van der Waals surface area contributed by atoms with Crippen LogP contribution in [0.2, 0.25) is 0 Å². The second-order valence-corrected chi connectivity index (χ2v) is 9.20. The first-order valence-electron chi connectivity index (χ1n) is 12.6. The molecule has 2 heterocycles. The summed E-state index contributed by atoms with van der Waals surface area (Å²) in [6, 6.07) is 11.5. The highest BCUT2D eigenvalue weighted by Crippen LogP contribution is 2.34. The molecule has 0 saturated carbocycles. The Labute approximate surface area is 225 Å². The average molecular weight is 534 g/mol. The van der Waals surface area contributed by atoms with Gasteiger partial charge in [0.25, 0.3) is 5.91 Å². The second kappa shape index (κ2) is 11.8. The number of amides is 4. The standard InChI is InChI=1S/C27H31N7O5/c1-3-39-26(37)21(32-24(35)22-15(2)18-6-4-5-7-19(18)31-22)14-30-27(38)33-20-12-13-34(25(20)36)17-10-8-16(9-11-17)23(28)29/h4-11,15,20-21H,3,12-14H2,1-2H3,(H3,28,29)(H,32,35)(H2,30,33,38). The number of fused-ring (bicyclic) bond motifs is 1. The predicted octanol–water partition coefficient (Wildman–Crippen LogP) is 1.31. The fourth-order valence-corrected chi connectivity index (χ4v) is 4.54. The summed E-state index contributed by atoms with van der Waals surface area (Å²) in [7, 11) is 0. The van der Waals surface area contributed by atoms with Gasteiger partial charge in [-0.25, -0.2) is 14.6 Å². The van der Waals surface area contributed by atoms with Crippen LogP contribution in [0.4, 0.5) is 16.2 Å². The molecule has 12 nitrogen and oxygen atoms in total. The number of nitrogens with two attached hydrogens (primary N) is 1. The number of nitrogens with zero attached hydrogens (tertiary/aromatic N) is 2. The van der Waals surface area contributed by atoms with E-state index in [0.717, 1.165) is 5.56 Å². The number of benzene rings is 2. The van der Waals surface area contributed by atoms with Crippen LogP contribution >= 0.6 is 0 Å². The maximum Gasteiger partial charge on any atom is 0.330 e. The van der Waals surface area contributed by atoms with Crippen molar-refractivity contribution in [1.29, 1.82) is 5.41 Å². The van der Waals surface area contributed by atoms with Crippen molar-refractivity contribution in [3.63, 3.8) is 0 Å². The highest BCUT2D eigenvalue weighted by molar-refractivity contribution is 6.42. The lowest BCUT2D eigenvalue weighted by Crippen LogP contribution is -2.54. The van der Waals surface area contributed by atoms with Gasteiger partial charge in [-0.3, -0.25) is 15.0 Å². The summed E-state index contributed by atoms with van der Waals surface area (Å²) in [5.74, 6) is -1.85. The maximum atomic E-state index is 13.0. The molecular weight excluding hydrogens is 502 g/mol. The van der Waals surface area contributed by atoms with Crippen molar-refractivity contribution in [1.82, 2.24) is 16.0 Å². The SMILES string of the molecule is CCOC(=O)C(CNC(=O)NC1CCN(c2ccc(C(=N)N)cc2)C1=O)NC(=O)C1=Nc2ccccc2C1C. The van der Waals surface area contributed by atoms with Gasteiger partial charge >= 0.3 is 12.0 Å². The molecule has 2 aliphatic rings. The number of anilines is 1. The molecule has 0 bridgehead atoms. The number of esters is 1. The Hall–Kier alpha value is -4.74. The lowest BCUT2D eigenvalue weighted by molar-refractivity contribution is -0.146. The molecule has 3 unspecified atom stereocenters. The molecule has 2 aromatic rings. The summed E-state index contributed by atoms with van der Waals surface area (Å²) in [5, 5.41) is 15.3. The van der Waals surface area contributed by atoms with E-state index in [9.17, 15) is 19.2 Å². The van der Waals surface area contributed by atoms with Crippen molar-refractivity contribution in [3.8, 4) is 0 Å². The molecule has 0 aliphatic carbocycles. The summed E-state index contributed by atoms with van der Waals surface area (Å²) in [5.41, 5.74) is 8.53. The Balaban J connectivity index is 1.33. The van der Waals surface area contributed by atoms with Gasteiger partial charge in [-0.15, -0.1) is 0 Å². The predicted molar refractivity (Wildman–Crippen MR) is 145 cm³/mol. The number of hydrogen-bond acceptors (Lipinski definition) is 7. The third-order valence-electron chi connectivity index (χ3n) is 6.63. The van der Waals surface area contributed by atoms with Crippen molar-refractivity contribution in [2.75, 3.05) is 24.6 Å². The zero-order chi connectivity index (χ0) is 28.1. The third kappa shape index (κ3) is 6.06. The zero-order valence-corrected chi connectivity index (χ0v) is 21.7. The van der Waals surface area contributed by atoms with Crippen LogP contribution < -0.4 is 26.6 Å².